The van der Waals surface area contributed by atoms with E-state index in [1.165, 1.54) is 103 Å². The Morgan fingerprint density at radius 3 is 0.836 bits per heavy atom. The first-order valence-electron chi connectivity index (χ1n) is 57.7. The Balaban J connectivity index is 2.93. The first-order valence-corrected chi connectivity index (χ1v) is 60.7. The van der Waals surface area contributed by atoms with Gasteiger partial charge in [0.15, 0.2) is 24.8 Å². The van der Waals surface area contributed by atoms with Crippen LogP contribution in [0.15, 0.2) is 0 Å². The second-order valence-electron chi connectivity index (χ2n) is 41.0. The van der Waals surface area contributed by atoms with Crippen LogP contribution in [0.5, 0.6) is 0 Å². The maximum atomic E-state index is 15.3. The van der Waals surface area contributed by atoms with Crippen LogP contribution >= 0.6 is 15.6 Å². The summed E-state index contributed by atoms with van der Waals surface area (Å²) in [4.78, 5) is 145. The molecule has 140 heavy (non-hydrogen) atoms. The Hall–Kier alpha value is -3.73. The van der Waals surface area contributed by atoms with E-state index in [1.54, 1.807) is 0 Å². The molecule has 9 N–H and O–H groups in total. The van der Waals surface area contributed by atoms with Crippen LogP contribution in [-0.4, -0.2) is 175 Å². The molecule has 0 radical (unpaired) electrons. The van der Waals surface area contributed by atoms with E-state index in [9.17, 15) is 68.0 Å². The van der Waals surface area contributed by atoms with E-state index in [0.717, 1.165) is 295 Å². The third-order valence-corrected chi connectivity index (χ3v) is 28.6. The maximum Gasteiger partial charge on any atom is 0.472 e. The molecule has 0 spiro atoms. The summed E-state index contributed by atoms with van der Waals surface area (Å²) in [6, 6.07) is -3.92. The second kappa shape index (κ2) is 89.3. The Kier molecular flexibility index (Phi) is 84.4. The van der Waals surface area contributed by atoms with Gasteiger partial charge in [0.1, 0.15) is 54.8 Å². The van der Waals surface area contributed by atoms with Gasteiger partial charge in [0.05, 0.1) is 45.0 Å². The zero-order valence-electron chi connectivity index (χ0n) is 89.3. The molecule has 2 fully saturated rings. The molecule has 0 aromatic carbocycles. The summed E-state index contributed by atoms with van der Waals surface area (Å²) in [5.74, 6) is -5.54. The molecule has 2 rings (SSSR count). The van der Waals surface area contributed by atoms with Crippen LogP contribution in [0, 0.1) is 0 Å². The maximum absolute atomic E-state index is 15.3. The van der Waals surface area contributed by atoms with Gasteiger partial charge in [0.25, 0.3) is 0 Å². The Morgan fingerprint density at radius 2 is 0.543 bits per heavy atom. The Bertz CT molecular complexity index is 3100. The lowest BCUT2D eigenvalue weighted by Crippen LogP contribution is -2.68. The van der Waals surface area contributed by atoms with Crippen molar-refractivity contribution in [1.29, 1.82) is 0 Å². The molecule has 0 aromatic heterocycles. The first-order chi connectivity index (χ1) is 67.7. The highest BCUT2D eigenvalue weighted by Gasteiger charge is 2.55. The third-order valence-electron chi connectivity index (χ3n) is 27.6. The zero-order valence-corrected chi connectivity index (χ0v) is 91.1. The molecule has 2 amide bonds. The molecule has 2 saturated heterocycles. The average molecular weight is 2040 g/mol. The minimum Gasteiger partial charge on any atom is -0.462 e. The van der Waals surface area contributed by atoms with Crippen molar-refractivity contribution in [2.75, 3.05) is 13.2 Å². The van der Waals surface area contributed by atoms with Gasteiger partial charge in [0.2, 0.25) is 11.8 Å². The van der Waals surface area contributed by atoms with Crippen molar-refractivity contribution < 1.29 is 125 Å². The molecule has 2 aliphatic heterocycles. The van der Waals surface area contributed by atoms with E-state index in [2.05, 4.69) is 59.1 Å². The van der Waals surface area contributed by atoms with Crippen molar-refractivity contribution in [2.24, 2.45) is 0 Å². The first kappa shape index (κ1) is 132. The average Bonchev–Trinajstić information content (AvgIpc) is 0.778. The van der Waals surface area contributed by atoms with Crippen molar-refractivity contribution in [2.45, 2.75) is 648 Å². The summed E-state index contributed by atoms with van der Waals surface area (Å²) < 4.78 is 87.6. The highest BCUT2D eigenvalue weighted by atomic mass is 31.2. The fraction of sp³-hybridized carbons (Fsp3) is 0.936. The number of hydrogen-bond acceptors (Lipinski definition) is 22. The van der Waals surface area contributed by atoms with Crippen molar-refractivity contribution in [3.63, 3.8) is 0 Å². The number of carbonyl (C=O) groups is 7. The van der Waals surface area contributed by atoms with Crippen molar-refractivity contribution >= 4 is 57.3 Å². The van der Waals surface area contributed by atoms with Crippen LogP contribution in [0.4, 0.5) is 0 Å². The molecule has 2 aliphatic rings. The molecule has 0 aromatic rings. The molecule has 824 valence electrons. The molecule has 0 saturated carbocycles. The van der Waals surface area contributed by atoms with Crippen molar-refractivity contribution in [1.82, 2.24) is 10.6 Å². The van der Waals surface area contributed by atoms with Crippen LogP contribution in [0.3, 0.4) is 0 Å². The molecule has 30 heteroatoms. The van der Waals surface area contributed by atoms with Crippen molar-refractivity contribution in [3.8, 4) is 0 Å². The lowest BCUT2D eigenvalue weighted by atomic mass is 9.95. The molecule has 4 unspecified atom stereocenters. The smallest absolute Gasteiger partial charge is 0.462 e. The number of unbranched alkanes of at least 4 members (excludes halogenated alkanes) is 62. The quantitative estimate of drug-likeness (QED) is 0.0118. The van der Waals surface area contributed by atoms with Gasteiger partial charge in [-0.25, -0.2) is 9.13 Å². The summed E-state index contributed by atoms with van der Waals surface area (Å²) in [7, 11) is -11.5. The number of phosphoric ester groups is 2. The summed E-state index contributed by atoms with van der Waals surface area (Å²) in [6.45, 7) is 13.1. The SMILES string of the molecule is CCCCCCCCCCCCCCCC(=O)OC(CCCCCCCCCCC)CC(=O)N[C@H]1[C@@H](OP(=O)(O)O)O[C@H](CO[C@@H]2O[C@H](CO)[C@@H](OP(=O)(O)O)[C@H](OC(=O)CC(CCCCCCCCCCC)OC(=O)CCCCCCCCCCCCC)[C@H]2NC(=O)CC(CCCCCCCCCCC)OC(=O)CCCCCCCCCCC)[C@@H](O)[C@@H]1OC(=O)CC(O)CCCCCCCCCCC. The van der Waals surface area contributed by atoms with Crippen LogP contribution in [-0.2, 0) is 89.6 Å². The fourth-order valence-corrected chi connectivity index (χ4v) is 20.2. The Labute approximate surface area is 849 Å². The number of ether oxygens (including phenoxy) is 8. The molecular weight excluding hydrogens is 1830 g/mol. The van der Waals surface area contributed by atoms with Crippen LogP contribution in [0.25, 0.3) is 0 Å². The molecule has 28 nitrogen and oxygen atoms in total. The topological polar surface area (TPSA) is 412 Å². The predicted octanol–water partition coefficient (Wildman–Crippen LogP) is 26.6. The number of phosphoric acid groups is 2. The number of carbonyl (C=O) groups excluding carboxylic acids is 7. The summed E-state index contributed by atoms with van der Waals surface area (Å²) in [5.41, 5.74) is 0. The fourth-order valence-electron chi connectivity index (χ4n) is 19.2. The van der Waals surface area contributed by atoms with Gasteiger partial charge in [0, 0.05) is 19.3 Å². The molecular formula is C110H208N2O26P2. The third kappa shape index (κ3) is 73.4. The van der Waals surface area contributed by atoms with E-state index in [4.69, 9.17) is 46.9 Å². The van der Waals surface area contributed by atoms with Gasteiger partial charge in [-0.05, 0) is 64.2 Å². The summed E-state index contributed by atoms with van der Waals surface area (Å²) >= 11 is 0. The predicted molar refractivity (Wildman–Crippen MR) is 555 cm³/mol. The molecule has 14 atom stereocenters. The Morgan fingerprint density at radius 1 is 0.293 bits per heavy atom. The van der Waals surface area contributed by atoms with E-state index < -0.39 is 182 Å². The number of nitrogens with one attached hydrogen (secondary N) is 2. The van der Waals surface area contributed by atoms with E-state index in [0.29, 0.717) is 44.9 Å². The van der Waals surface area contributed by atoms with E-state index >= 15 is 9.59 Å². The van der Waals surface area contributed by atoms with Gasteiger partial charge < -0.3 is 83.4 Å². The van der Waals surface area contributed by atoms with Crippen LogP contribution < -0.4 is 10.6 Å². The minimum atomic E-state index is -5.75. The number of esters is 5. The van der Waals surface area contributed by atoms with Gasteiger partial charge in [-0.3, -0.25) is 42.6 Å². The van der Waals surface area contributed by atoms with E-state index in [-0.39, 0.29) is 44.9 Å². The standard InChI is InChI=1S/C110H208N2O26P2/c1-8-15-22-29-36-43-45-46-48-55-62-68-75-82-98(117)130-91(78-71-64-57-50-39-32-25-18-11-4)85-96(115)111-103-107(135-101(120)84-90(114)77-70-63-56-49-38-31-24-17-10-3)105(122)95(134-110(103)138-140(126,127)128)89-129-109-104(112-97(116)86-92(79-72-65-58-51-40-33-26-19-12-5)131-99(118)81-74-67-60-53-42-35-28-21-14-7)108(106(94(88-113)133-109)137-139(123,124)125)136-102(121)87-93(80-73-66-59-52-41-34-27-20-13-6)132-100(119)83-76-69-61-54-47-44-37-30-23-16-9-2/h90-95,103-110,113-114,122H,8-89H2,1-7H3,(H,111,115)(H,112,116)(H2,123,124,125)(H2,126,127,128)/t90?,91?,92?,93?,94-,95-,103-,104-,105-,106-,107-,108-,109-,110-/m1/s1. The van der Waals surface area contributed by atoms with E-state index in [1.807, 2.05) is 0 Å². The molecule has 2 heterocycles. The number of rotatable bonds is 99. The normalized spacial score (nSPS) is 19.3. The largest absolute Gasteiger partial charge is 0.472 e. The number of aliphatic hydroxyl groups is 3. The van der Waals surface area contributed by atoms with Gasteiger partial charge in [-0.1, -0.05) is 453 Å². The second-order valence-corrected chi connectivity index (χ2v) is 43.4. The van der Waals surface area contributed by atoms with Crippen LogP contribution in [0.2, 0.25) is 0 Å². The van der Waals surface area contributed by atoms with Crippen molar-refractivity contribution in [3.05, 3.63) is 0 Å². The minimum absolute atomic E-state index is 0.0727. The lowest BCUT2D eigenvalue weighted by molar-refractivity contribution is -0.297. The zero-order chi connectivity index (χ0) is 103. The molecule has 0 bridgehead atoms. The number of aliphatic hydroxyl groups excluding tert-OH is 3. The highest BCUT2D eigenvalue weighted by Crippen LogP contribution is 2.44. The lowest BCUT2D eigenvalue weighted by Gasteiger charge is -2.47. The molecule has 0 aliphatic carbocycles. The van der Waals surface area contributed by atoms with Crippen LogP contribution in [0.1, 0.15) is 562 Å². The monoisotopic (exact) mass is 2040 g/mol. The number of amides is 2. The summed E-state index contributed by atoms with van der Waals surface area (Å²) in [6.07, 6.45) is 48.1. The number of hydrogen-bond donors (Lipinski definition) is 9. The summed E-state index contributed by atoms with van der Waals surface area (Å²) in [5, 5.41) is 41.2. The van der Waals surface area contributed by atoms with Gasteiger partial charge in [-0.15, -0.1) is 0 Å². The van der Waals surface area contributed by atoms with Gasteiger partial charge in [-0.2, -0.15) is 0 Å². The van der Waals surface area contributed by atoms with Gasteiger partial charge >= 0.3 is 45.5 Å². The highest BCUT2D eigenvalue weighted by molar-refractivity contribution is 7.46.